The Kier molecular flexibility index (Phi) is 5.40. The summed E-state index contributed by atoms with van der Waals surface area (Å²) >= 11 is 0. The van der Waals surface area contributed by atoms with Crippen molar-refractivity contribution < 1.29 is 19.0 Å². The van der Waals surface area contributed by atoms with Crippen molar-refractivity contribution in [1.29, 1.82) is 0 Å². The van der Waals surface area contributed by atoms with Crippen LogP contribution in [0.4, 0.5) is 10.1 Å². The van der Waals surface area contributed by atoms with E-state index in [4.69, 9.17) is 9.47 Å². The average Bonchev–Trinajstić information content (AvgIpc) is 2.53. The van der Waals surface area contributed by atoms with Crippen molar-refractivity contribution in [1.82, 2.24) is 0 Å². The molecule has 2 aromatic rings. The summed E-state index contributed by atoms with van der Waals surface area (Å²) in [5.74, 6) is 0.450. The fraction of sp³-hybridized carbons (Fsp3) is 0.250. The largest absolute Gasteiger partial charge is 0.494 e. The summed E-state index contributed by atoms with van der Waals surface area (Å²) < 4.78 is 23.6. The smallest absolute Gasteiger partial charge is 0.165 e. The van der Waals surface area contributed by atoms with Crippen LogP contribution in [0.2, 0.25) is 0 Å². The Bertz CT molecular complexity index is 563. The molecule has 0 aliphatic rings. The van der Waals surface area contributed by atoms with Crippen LogP contribution in [-0.2, 0) is 0 Å². The van der Waals surface area contributed by atoms with Crippen LogP contribution in [0.25, 0.3) is 0 Å². The lowest BCUT2D eigenvalue weighted by molar-refractivity contribution is 0.117. The summed E-state index contributed by atoms with van der Waals surface area (Å²) in [5.41, 5.74) is 0.673. The predicted molar refractivity (Wildman–Crippen MR) is 79.4 cm³/mol. The molecule has 0 saturated heterocycles. The minimum Gasteiger partial charge on any atom is -0.494 e. The van der Waals surface area contributed by atoms with Crippen molar-refractivity contribution in [3.05, 3.63) is 54.3 Å². The van der Waals surface area contributed by atoms with Crippen LogP contribution < -0.4 is 14.8 Å². The van der Waals surface area contributed by atoms with Crippen LogP contribution in [0.5, 0.6) is 11.5 Å². The molecule has 0 bridgehead atoms. The number of ether oxygens (including phenoxy) is 2. The van der Waals surface area contributed by atoms with E-state index >= 15 is 0 Å². The lowest BCUT2D eigenvalue weighted by Crippen LogP contribution is -2.26. The van der Waals surface area contributed by atoms with Gasteiger partial charge in [-0.25, -0.2) is 4.39 Å². The van der Waals surface area contributed by atoms with Crippen LogP contribution in [0.1, 0.15) is 0 Å². The number of hydrogen-bond donors (Lipinski definition) is 2. The first kappa shape index (κ1) is 15.1. The van der Waals surface area contributed by atoms with Gasteiger partial charge >= 0.3 is 0 Å². The molecule has 0 aliphatic heterocycles. The van der Waals surface area contributed by atoms with Crippen molar-refractivity contribution in [2.45, 2.75) is 6.10 Å². The van der Waals surface area contributed by atoms with Crippen molar-refractivity contribution in [3.63, 3.8) is 0 Å². The number of aliphatic hydroxyl groups excluding tert-OH is 1. The van der Waals surface area contributed by atoms with E-state index in [2.05, 4.69) is 5.32 Å². The first-order chi connectivity index (χ1) is 10.2. The van der Waals surface area contributed by atoms with Gasteiger partial charge in [0, 0.05) is 18.3 Å². The minimum absolute atomic E-state index is 0.162. The van der Waals surface area contributed by atoms with Gasteiger partial charge in [0.1, 0.15) is 18.5 Å². The average molecular weight is 291 g/mol. The molecule has 0 aromatic heterocycles. The third kappa shape index (κ3) is 4.65. The second kappa shape index (κ2) is 7.50. The van der Waals surface area contributed by atoms with E-state index in [0.717, 1.165) is 0 Å². The summed E-state index contributed by atoms with van der Waals surface area (Å²) in [6.07, 6.45) is -0.679. The molecule has 0 spiro atoms. The van der Waals surface area contributed by atoms with E-state index in [9.17, 15) is 9.50 Å². The number of halogens is 1. The highest BCUT2D eigenvalue weighted by molar-refractivity contribution is 5.48. The number of methoxy groups -OCH3 is 1. The zero-order valence-electron chi connectivity index (χ0n) is 11.8. The lowest BCUT2D eigenvalue weighted by Gasteiger charge is -2.14. The molecule has 21 heavy (non-hydrogen) atoms. The third-order valence-electron chi connectivity index (χ3n) is 2.88. The highest BCUT2D eigenvalue weighted by Crippen LogP contribution is 2.21. The first-order valence-corrected chi connectivity index (χ1v) is 6.62. The molecule has 1 atom stereocenters. The van der Waals surface area contributed by atoms with Gasteiger partial charge in [0.2, 0.25) is 0 Å². The number of anilines is 1. The Balaban J connectivity index is 1.79. The SMILES string of the molecule is COc1cc(NCC(O)COc2ccccc2)ccc1F. The van der Waals surface area contributed by atoms with Gasteiger partial charge in [-0.3, -0.25) is 0 Å². The fourth-order valence-electron chi connectivity index (χ4n) is 1.77. The maximum absolute atomic E-state index is 13.3. The summed E-state index contributed by atoms with van der Waals surface area (Å²) in [4.78, 5) is 0. The first-order valence-electron chi connectivity index (χ1n) is 6.62. The van der Waals surface area contributed by atoms with E-state index in [1.165, 1.54) is 13.2 Å². The molecule has 2 rings (SSSR count). The second-order valence-electron chi connectivity index (χ2n) is 4.51. The van der Waals surface area contributed by atoms with Gasteiger partial charge in [0.05, 0.1) is 7.11 Å². The topological polar surface area (TPSA) is 50.7 Å². The van der Waals surface area contributed by atoms with Crippen LogP contribution in [0.3, 0.4) is 0 Å². The molecule has 1 unspecified atom stereocenters. The molecule has 112 valence electrons. The molecule has 0 fully saturated rings. The molecule has 2 aromatic carbocycles. The summed E-state index contributed by atoms with van der Waals surface area (Å²) in [5, 5.41) is 12.9. The van der Waals surface area contributed by atoms with E-state index in [1.807, 2.05) is 30.3 Å². The maximum Gasteiger partial charge on any atom is 0.165 e. The normalized spacial score (nSPS) is 11.8. The van der Waals surface area contributed by atoms with E-state index in [0.29, 0.717) is 18.0 Å². The molecular formula is C16H18FNO3. The van der Waals surface area contributed by atoms with Crippen molar-refractivity contribution >= 4 is 5.69 Å². The van der Waals surface area contributed by atoms with Crippen LogP contribution in [-0.4, -0.2) is 31.5 Å². The molecular weight excluding hydrogens is 273 g/mol. The number of hydrogen-bond acceptors (Lipinski definition) is 4. The van der Waals surface area contributed by atoms with Gasteiger partial charge in [-0.15, -0.1) is 0 Å². The lowest BCUT2D eigenvalue weighted by atomic mass is 10.2. The summed E-state index contributed by atoms with van der Waals surface area (Å²) in [6.45, 7) is 0.469. The second-order valence-corrected chi connectivity index (χ2v) is 4.51. The van der Waals surface area contributed by atoms with E-state index in [1.54, 1.807) is 12.1 Å². The molecule has 5 heteroatoms. The Hall–Kier alpha value is -2.27. The van der Waals surface area contributed by atoms with Crippen LogP contribution in [0.15, 0.2) is 48.5 Å². The van der Waals surface area contributed by atoms with Crippen molar-refractivity contribution in [3.8, 4) is 11.5 Å². The number of aliphatic hydroxyl groups is 1. The van der Waals surface area contributed by atoms with Crippen molar-refractivity contribution in [2.75, 3.05) is 25.6 Å². The molecule has 4 nitrogen and oxygen atoms in total. The molecule has 0 heterocycles. The number of nitrogens with one attached hydrogen (secondary N) is 1. The summed E-state index contributed by atoms with van der Waals surface area (Å²) in [7, 11) is 1.41. The Morgan fingerprint density at radius 2 is 1.95 bits per heavy atom. The standard InChI is InChI=1S/C16H18FNO3/c1-20-16-9-12(7-8-15(16)17)18-10-13(19)11-21-14-5-3-2-4-6-14/h2-9,13,18-19H,10-11H2,1H3. The highest BCUT2D eigenvalue weighted by Gasteiger charge is 2.07. The number of para-hydroxylation sites is 1. The van der Waals surface area contributed by atoms with Gasteiger partial charge in [-0.1, -0.05) is 18.2 Å². The monoisotopic (exact) mass is 291 g/mol. The van der Waals surface area contributed by atoms with Crippen LogP contribution >= 0.6 is 0 Å². The zero-order valence-corrected chi connectivity index (χ0v) is 11.8. The Labute approximate surface area is 123 Å². The molecule has 0 saturated carbocycles. The molecule has 2 N–H and O–H groups in total. The predicted octanol–water partition coefficient (Wildman–Crippen LogP) is 2.69. The van der Waals surface area contributed by atoms with E-state index in [-0.39, 0.29) is 12.4 Å². The van der Waals surface area contributed by atoms with Gasteiger partial charge in [-0.2, -0.15) is 0 Å². The van der Waals surface area contributed by atoms with Gasteiger partial charge in [0.25, 0.3) is 0 Å². The summed E-state index contributed by atoms with van der Waals surface area (Å²) in [6, 6.07) is 13.7. The van der Waals surface area contributed by atoms with Gasteiger partial charge in [-0.05, 0) is 24.3 Å². The highest BCUT2D eigenvalue weighted by atomic mass is 19.1. The van der Waals surface area contributed by atoms with Gasteiger partial charge < -0.3 is 19.9 Å². The molecule has 0 amide bonds. The number of benzene rings is 2. The van der Waals surface area contributed by atoms with E-state index < -0.39 is 11.9 Å². The zero-order chi connectivity index (χ0) is 15.1. The Morgan fingerprint density at radius 1 is 1.19 bits per heavy atom. The quantitative estimate of drug-likeness (QED) is 0.823. The van der Waals surface area contributed by atoms with Crippen LogP contribution in [0, 0.1) is 5.82 Å². The fourth-order valence-corrected chi connectivity index (χ4v) is 1.77. The Morgan fingerprint density at radius 3 is 2.67 bits per heavy atom. The van der Waals surface area contributed by atoms with Crippen molar-refractivity contribution in [2.24, 2.45) is 0 Å². The van der Waals surface area contributed by atoms with Gasteiger partial charge in [0.15, 0.2) is 11.6 Å². The minimum atomic E-state index is -0.679. The molecule has 0 radical (unpaired) electrons. The third-order valence-corrected chi connectivity index (χ3v) is 2.88. The maximum atomic E-state index is 13.3. The number of rotatable bonds is 7. The molecule has 0 aliphatic carbocycles.